The lowest BCUT2D eigenvalue weighted by atomic mass is 10.1. The molecule has 3 amide bonds. The molecule has 1 aliphatic rings. The van der Waals surface area contributed by atoms with E-state index in [0.717, 1.165) is 11.3 Å². The Morgan fingerprint density at radius 1 is 0.919 bits per heavy atom. The van der Waals surface area contributed by atoms with Gasteiger partial charge in [0.05, 0.1) is 5.56 Å². The van der Waals surface area contributed by atoms with E-state index >= 15 is 0 Å². The van der Waals surface area contributed by atoms with E-state index in [0.29, 0.717) is 56.0 Å². The van der Waals surface area contributed by atoms with Crippen LogP contribution in [0.4, 0.5) is 15.8 Å². The molecule has 8 heteroatoms. The van der Waals surface area contributed by atoms with E-state index in [1.165, 1.54) is 25.1 Å². The summed E-state index contributed by atoms with van der Waals surface area (Å²) in [5, 5.41) is 2.76. The van der Waals surface area contributed by atoms with Gasteiger partial charge in [0.25, 0.3) is 11.8 Å². The van der Waals surface area contributed by atoms with Crippen LogP contribution in [0.15, 0.2) is 72.8 Å². The van der Waals surface area contributed by atoms with Crippen LogP contribution in [0.25, 0.3) is 0 Å². The SMILES string of the molecule is CC(=O)Nc1ccc(N2CCCN(C(=O)c3cccc(F)c3)CC2)c(C(=O)N(C)Cc2ccccc2)c1. The number of halogens is 1. The molecule has 1 aliphatic heterocycles. The van der Waals surface area contributed by atoms with E-state index < -0.39 is 5.82 Å². The zero-order valence-electron chi connectivity index (χ0n) is 21.1. The maximum absolute atomic E-state index is 13.7. The molecular formula is C29H31FN4O3. The topological polar surface area (TPSA) is 73.0 Å². The van der Waals surface area contributed by atoms with Crippen LogP contribution in [0.3, 0.4) is 0 Å². The minimum absolute atomic E-state index is 0.164. The number of carbonyl (C=O) groups excluding carboxylic acids is 3. The fraction of sp³-hybridized carbons (Fsp3) is 0.276. The molecule has 1 saturated heterocycles. The van der Waals surface area contributed by atoms with Crippen LogP contribution in [0.2, 0.25) is 0 Å². The second-order valence-electron chi connectivity index (χ2n) is 9.20. The van der Waals surface area contributed by atoms with Crippen molar-refractivity contribution in [3.8, 4) is 0 Å². The monoisotopic (exact) mass is 502 g/mol. The van der Waals surface area contributed by atoms with Gasteiger partial charge in [-0.05, 0) is 48.4 Å². The number of amides is 3. The molecule has 7 nitrogen and oxygen atoms in total. The highest BCUT2D eigenvalue weighted by atomic mass is 19.1. The van der Waals surface area contributed by atoms with Crippen molar-refractivity contribution in [3.05, 3.63) is 95.3 Å². The first-order valence-corrected chi connectivity index (χ1v) is 12.3. The van der Waals surface area contributed by atoms with Crippen molar-refractivity contribution in [1.82, 2.24) is 9.80 Å². The molecule has 1 heterocycles. The van der Waals surface area contributed by atoms with Gasteiger partial charge >= 0.3 is 0 Å². The first-order chi connectivity index (χ1) is 17.8. The summed E-state index contributed by atoms with van der Waals surface area (Å²) in [4.78, 5) is 43.7. The van der Waals surface area contributed by atoms with Gasteiger partial charge in [0, 0.05) is 63.6 Å². The molecule has 0 unspecified atom stereocenters. The zero-order valence-corrected chi connectivity index (χ0v) is 21.1. The summed E-state index contributed by atoms with van der Waals surface area (Å²) in [5.74, 6) is -1.03. The van der Waals surface area contributed by atoms with Crippen molar-refractivity contribution in [2.75, 3.05) is 43.4 Å². The van der Waals surface area contributed by atoms with Gasteiger partial charge in [0.15, 0.2) is 0 Å². The molecule has 3 aromatic rings. The first kappa shape index (κ1) is 25.9. The number of benzene rings is 3. The molecule has 0 bridgehead atoms. The molecule has 0 atom stereocenters. The molecule has 37 heavy (non-hydrogen) atoms. The maximum atomic E-state index is 13.7. The Bertz CT molecular complexity index is 1280. The normalized spacial score (nSPS) is 13.6. The fourth-order valence-corrected chi connectivity index (χ4v) is 4.56. The summed E-state index contributed by atoms with van der Waals surface area (Å²) in [5.41, 5.74) is 3.12. The third-order valence-corrected chi connectivity index (χ3v) is 6.35. The smallest absolute Gasteiger partial charge is 0.256 e. The summed E-state index contributed by atoms with van der Waals surface area (Å²) in [6, 6.07) is 20.8. The molecular weight excluding hydrogens is 471 g/mol. The van der Waals surface area contributed by atoms with Crippen molar-refractivity contribution >= 4 is 29.1 Å². The van der Waals surface area contributed by atoms with Gasteiger partial charge in [-0.2, -0.15) is 0 Å². The lowest BCUT2D eigenvalue weighted by Gasteiger charge is -2.28. The molecule has 0 aliphatic carbocycles. The van der Waals surface area contributed by atoms with Gasteiger partial charge in [-0.25, -0.2) is 4.39 Å². The summed E-state index contributed by atoms with van der Waals surface area (Å²) in [6.45, 7) is 4.01. The minimum Gasteiger partial charge on any atom is -0.369 e. The molecule has 3 aromatic carbocycles. The van der Waals surface area contributed by atoms with Crippen LogP contribution in [-0.4, -0.2) is 60.7 Å². The second-order valence-corrected chi connectivity index (χ2v) is 9.20. The molecule has 0 spiro atoms. The Morgan fingerprint density at radius 3 is 2.43 bits per heavy atom. The lowest BCUT2D eigenvalue weighted by Crippen LogP contribution is -2.36. The molecule has 4 rings (SSSR count). The van der Waals surface area contributed by atoms with Crippen LogP contribution >= 0.6 is 0 Å². The average molecular weight is 503 g/mol. The van der Waals surface area contributed by atoms with Gasteiger partial charge < -0.3 is 20.0 Å². The third-order valence-electron chi connectivity index (χ3n) is 6.35. The van der Waals surface area contributed by atoms with Crippen LogP contribution in [0.5, 0.6) is 0 Å². The molecule has 1 N–H and O–H groups in total. The van der Waals surface area contributed by atoms with Crippen LogP contribution in [0.1, 0.15) is 39.6 Å². The highest BCUT2D eigenvalue weighted by Gasteiger charge is 2.25. The van der Waals surface area contributed by atoms with E-state index in [1.54, 1.807) is 35.0 Å². The number of nitrogens with one attached hydrogen (secondary N) is 1. The lowest BCUT2D eigenvalue weighted by molar-refractivity contribution is -0.114. The van der Waals surface area contributed by atoms with Crippen molar-refractivity contribution in [2.45, 2.75) is 19.9 Å². The average Bonchev–Trinajstić information content (AvgIpc) is 3.14. The quantitative estimate of drug-likeness (QED) is 0.542. The van der Waals surface area contributed by atoms with Gasteiger partial charge in [0.2, 0.25) is 5.91 Å². The second kappa shape index (κ2) is 11.7. The Labute approximate surface area is 216 Å². The Hall–Kier alpha value is -4.20. The summed E-state index contributed by atoms with van der Waals surface area (Å²) in [6.07, 6.45) is 0.696. The molecule has 1 fully saturated rings. The van der Waals surface area contributed by atoms with Gasteiger partial charge in [-0.1, -0.05) is 36.4 Å². The van der Waals surface area contributed by atoms with E-state index in [2.05, 4.69) is 10.2 Å². The largest absolute Gasteiger partial charge is 0.369 e. The summed E-state index contributed by atoms with van der Waals surface area (Å²) < 4.78 is 13.7. The van der Waals surface area contributed by atoms with E-state index in [-0.39, 0.29) is 17.7 Å². The molecule has 192 valence electrons. The number of nitrogens with zero attached hydrogens (tertiary/aromatic N) is 3. The van der Waals surface area contributed by atoms with E-state index in [9.17, 15) is 18.8 Å². The first-order valence-electron chi connectivity index (χ1n) is 12.3. The van der Waals surface area contributed by atoms with Crippen LogP contribution in [-0.2, 0) is 11.3 Å². The third kappa shape index (κ3) is 6.52. The summed E-state index contributed by atoms with van der Waals surface area (Å²) in [7, 11) is 1.76. The van der Waals surface area contributed by atoms with Crippen LogP contribution < -0.4 is 10.2 Å². The van der Waals surface area contributed by atoms with Crippen molar-refractivity contribution < 1.29 is 18.8 Å². The number of hydrogen-bond donors (Lipinski definition) is 1. The van der Waals surface area contributed by atoms with Crippen molar-refractivity contribution in [1.29, 1.82) is 0 Å². The Morgan fingerprint density at radius 2 is 1.70 bits per heavy atom. The van der Waals surface area contributed by atoms with Crippen molar-refractivity contribution in [2.24, 2.45) is 0 Å². The predicted molar refractivity (Wildman–Crippen MR) is 142 cm³/mol. The minimum atomic E-state index is -0.440. The fourth-order valence-electron chi connectivity index (χ4n) is 4.56. The van der Waals surface area contributed by atoms with Crippen LogP contribution in [0, 0.1) is 5.82 Å². The number of rotatable bonds is 6. The van der Waals surface area contributed by atoms with Crippen molar-refractivity contribution in [3.63, 3.8) is 0 Å². The highest BCUT2D eigenvalue weighted by Crippen LogP contribution is 2.28. The van der Waals surface area contributed by atoms with Gasteiger partial charge in [0.1, 0.15) is 5.82 Å². The zero-order chi connectivity index (χ0) is 26.4. The molecule has 0 radical (unpaired) electrons. The maximum Gasteiger partial charge on any atom is 0.256 e. The summed E-state index contributed by atoms with van der Waals surface area (Å²) >= 11 is 0. The van der Waals surface area contributed by atoms with E-state index in [4.69, 9.17) is 0 Å². The Kier molecular flexibility index (Phi) is 8.18. The number of carbonyl (C=O) groups is 3. The number of hydrogen-bond acceptors (Lipinski definition) is 4. The van der Waals surface area contributed by atoms with Gasteiger partial charge in [-0.15, -0.1) is 0 Å². The number of anilines is 2. The molecule has 0 aromatic heterocycles. The highest BCUT2D eigenvalue weighted by molar-refractivity contribution is 6.02. The van der Waals surface area contributed by atoms with Gasteiger partial charge in [-0.3, -0.25) is 14.4 Å². The van der Waals surface area contributed by atoms with E-state index in [1.807, 2.05) is 36.4 Å². The predicted octanol–water partition coefficient (Wildman–Crippen LogP) is 4.41. The standard InChI is InChI=1S/C29H31FN4O3/c1-21(35)31-25-12-13-27(26(19-25)29(37)32(2)20-22-8-4-3-5-9-22)33-14-7-15-34(17-16-33)28(36)23-10-6-11-24(30)18-23/h3-6,8-13,18-19H,7,14-17,20H2,1-2H3,(H,31,35). The Balaban J connectivity index is 1.56. The molecule has 0 saturated carbocycles.